The molecule has 0 bridgehead atoms. The second kappa shape index (κ2) is 8.87. The minimum atomic E-state index is 0.366. The van der Waals surface area contributed by atoms with Crippen molar-refractivity contribution in [3.63, 3.8) is 0 Å². The molecule has 166 valence electrons. The number of aryl methyl sites for hydroxylation is 1. The molecular formula is C26H31N5O. The molecule has 3 aromatic heterocycles. The van der Waals surface area contributed by atoms with Crippen LogP contribution in [0, 0.1) is 6.92 Å². The van der Waals surface area contributed by atoms with Crippen molar-refractivity contribution in [2.75, 3.05) is 19.6 Å². The minimum Gasteiger partial charge on any atom is -0.421 e. The Bertz CT molecular complexity index is 1220. The third kappa shape index (κ3) is 4.19. The Hall–Kier alpha value is -2.99. The maximum atomic E-state index is 6.05. The molecule has 6 nitrogen and oxygen atoms in total. The van der Waals surface area contributed by atoms with Crippen LogP contribution in [0.5, 0.6) is 0 Å². The molecule has 0 aliphatic carbocycles. The van der Waals surface area contributed by atoms with Crippen LogP contribution in [0.1, 0.15) is 56.2 Å². The Morgan fingerprint density at radius 1 is 1.03 bits per heavy atom. The number of H-pyrrole nitrogens is 1. The predicted octanol–water partition coefficient (Wildman–Crippen LogP) is 5.74. The lowest BCUT2D eigenvalue weighted by atomic mass is 9.95. The first-order chi connectivity index (χ1) is 15.6. The zero-order chi connectivity index (χ0) is 22.1. The summed E-state index contributed by atoms with van der Waals surface area (Å²) in [6.45, 7) is 9.85. The number of hydrogen-bond donors (Lipinski definition) is 1. The minimum absolute atomic E-state index is 0.366. The molecule has 1 fully saturated rings. The normalized spacial score (nSPS) is 15.1. The Morgan fingerprint density at radius 2 is 1.88 bits per heavy atom. The van der Waals surface area contributed by atoms with Crippen LogP contribution in [0.3, 0.4) is 0 Å². The highest BCUT2D eigenvalue weighted by Gasteiger charge is 2.19. The van der Waals surface area contributed by atoms with Crippen LogP contribution in [-0.2, 0) is 6.42 Å². The van der Waals surface area contributed by atoms with Crippen LogP contribution in [0.2, 0.25) is 0 Å². The summed E-state index contributed by atoms with van der Waals surface area (Å²) in [5.74, 6) is 1.68. The molecule has 1 aromatic carbocycles. The molecule has 1 aliphatic heterocycles. The van der Waals surface area contributed by atoms with Gasteiger partial charge in [-0.05, 0) is 74.7 Å². The molecule has 6 heteroatoms. The number of fused-ring (bicyclic) bond motifs is 1. The molecule has 0 saturated carbocycles. The lowest BCUT2D eigenvalue weighted by Crippen LogP contribution is -2.31. The standard InChI is InChI=1S/C26H31N5O/c1-17(2)24-21-16-20(7-8-22(21)28-25(24)19-9-11-27-18(3)15-19)26-30-29-23(32-26)10-14-31-12-5-4-6-13-31/h7-9,11,15-17,28H,4-6,10,12-14H2,1-3H3. The summed E-state index contributed by atoms with van der Waals surface area (Å²) in [5, 5.41) is 9.88. The number of piperidine rings is 1. The number of likely N-dealkylation sites (tertiary alicyclic amines) is 1. The van der Waals surface area contributed by atoms with E-state index in [1.54, 1.807) is 0 Å². The molecule has 4 aromatic rings. The summed E-state index contributed by atoms with van der Waals surface area (Å²) in [7, 11) is 0. The number of nitrogens with zero attached hydrogens (tertiary/aromatic N) is 4. The molecule has 1 saturated heterocycles. The third-order valence-electron chi connectivity index (χ3n) is 6.41. The molecule has 0 spiro atoms. The lowest BCUT2D eigenvalue weighted by molar-refractivity contribution is 0.226. The number of aromatic amines is 1. The molecule has 5 rings (SSSR count). The first-order valence-corrected chi connectivity index (χ1v) is 11.7. The van der Waals surface area contributed by atoms with Gasteiger partial charge < -0.3 is 14.3 Å². The van der Waals surface area contributed by atoms with Crippen LogP contribution in [-0.4, -0.2) is 44.7 Å². The smallest absolute Gasteiger partial charge is 0.247 e. The molecule has 4 heterocycles. The molecule has 0 radical (unpaired) electrons. The van der Waals surface area contributed by atoms with Gasteiger partial charge in [-0.2, -0.15) is 0 Å². The summed E-state index contributed by atoms with van der Waals surface area (Å²) in [4.78, 5) is 10.5. The van der Waals surface area contributed by atoms with Gasteiger partial charge in [-0.15, -0.1) is 10.2 Å². The molecule has 1 aliphatic rings. The number of hydrogen-bond acceptors (Lipinski definition) is 5. The molecular weight excluding hydrogens is 398 g/mol. The Kier molecular flexibility index (Phi) is 5.79. The largest absolute Gasteiger partial charge is 0.421 e. The van der Waals surface area contributed by atoms with E-state index in [4.69, 9.17) is 4.42 Å². The Morgan fingerprint density at radius 3 is 2.66 bits per heavy atom. The van der Waals surface area contributed by atoms with Gasteiger partial charge in [0, 0.05) is 46.9 Å². The Balaban J connectivity index is 1.44. The van der Waals surface area contributed by atoms with E-state index in [-0.39, 0.29) is 0 Å². The topological polar surface area (TPSA) is 70.8 Å². The van der Waals surface area contributed by atoms with Gasteiger partial charge in [0.05, 0.1) is 5.69 Å². The van der Waals surface area contributed by atoms with Crippen LogP contribution in [0.4, 0.5) is 0 Å². The van der Waals surface area contributed by atoms with Crippen molar-refractivity contribution in [3.05, 3.63) is 53.7 Å². The number of pyridine rings is 1. The van der Waals surface area contributed by atoms with Gasteiger partial charge in [0.2, 0.25) is 11.8 Å². The van der Waals surface area contributed by atoms with Gasteiger partial charge in [0.1, 0.15) is 0 Å². The van der Waals surface area contributed by atoms with E-state index in [1.807, 2.05) is 13.1 Å². The van der Waals surface area contributed by atoms with Crippen molar-refractivity contribution in [3.8, 4) is 22.7 Å². The van der Waals surface area contributed by atoms with Gasteiger partial charge in [-0.25, -0.2) is 0 Å². The van der Waals surface area contributed by atoms with E-state index in [0.29, 0.717) is 11.8 Å². The highest BCUT2D eigenvalue weighted by molar-refractivity contribution is 5.93. The number of nitrogens with one attached hydrogen (secondary N) is 1. The van der Waals surface area contributed by atoms with E-state index in [0.717, 1.165) is 46.9 Å². The van der Waals surface area contributed by atoms with Crippen molar-refractivity contribution in [2.24, 2.45) is 0 Å². The van der Waals surface area contributed by atoms with Gasteiger partial charge in [0.25, 0.3) is 0 Å². The fourth-order valence-corrected chi connectivity index (χ4v) is 4.78. The first kappa shape index (κ1) is 20.9. The summed E-state index contributed by atoms with van der Waals surface area (Å²) in [6, 6.07) is 10.6. The first-order valence-electron chi connectivity index (χ1n) is 11.7. The van der Waals surface area contributed by atoms with E-state index in [9.17, 15) is 0 Å². The van der Waals surface area contributed by atoms with E-state index in [2.05, 4.69) is 69.2 Å². The van der Waals surface area contributed by atoms with Gasteiger partial charge >= 0.3 is 0 Å². The fraction of sp³-hybridized carbons (Fsp3) is 0.423. The van der Waals surface area contributed by atoms with Crippen LogP contribution < -0.4 is 0 Å². The zero-order valence-corrected chi connectivity index (χ0v) is 19.2. The monoisotopic (exact) mass is 429 g/mol. The van der Waals surface area contributed by atoms with Crippen LogP contribution >= 0.6 is 0 Å². The van der Waals surface area contributed by atoms with Crippen LogP contribution in [0.25, 0.3) is 33.6 Å². The van der Waals surface area contributed by atoms with Gasteiger partial charge in [0.15, 0.2) is 0 Å². The van der Waals surface area contributed by atoms with Crippen molar-refractivity contribution >= 4 is 10.9 Å². The van der Waals surface area contributed by atoms with Gasteiger partial charge in [-0.3, -0.25) is 4.98 Å². The molecule has 1 N–H and O–H groups in total. The average molecular weight is 430 g/mol. The second-order valence-corrected chi connectivity index (χ2v) is 9.17. The fourth-order valence-electron chi connectivity index (χ4n) is 4.78. The Labute approximate surface area is 189 Å². The SMILES string of the molecule is Cc1cc(-c2[nH]c3ccc(-c4nnc(CCN5CCCCC5)o4)cc3c2C(C)C)ccn1. The van der Waals surface area contributed by atoms with Gasteiger partial charge in [-0.1, -0.05) is 20.3 Å². The number of benzene rings is 1. The summed E-state index contributed by atoms with van der Waals surface area (Å²) >= 11 is 0. The van der Waals surface area contributed by atoms with E-state index < -0.39 is 0 Å². The third-order valence-corrected chi connectivity index (χ3v) is 6.41. The molecule has 0 unspecified atom stereocenters. The van der Waals surface area contributed by atoms with Crippen molar-refractivity contribution in [2.45, 2.75) is 52.4 Å². The molecule has 0 amide bonds. The predicted molar refractivity (Wildman–Crippen MR) is 128 cm³/mol. The summed E-state index contributed by atoms with van der Waals surface area (Å²) in [5.41, 5.74) is 6.72. The van der Waals surface area contributed by atoms with Crippen LogP contribution in [0.15, 0.2) is 40.9 Å². The molecule has 32 heavy (non-hydrogen) atoms. The van der Waals surface area contributed by atoms with E-state index in [1.165, 1.54) is 43.3 Å². The zero-order valence-electron chi connectivity index (χ0n) is 19.2. The quantitative estimate of drug-likeness (QED) is 0.423. The van der Waals surface area contributed by atoms with Crippen molar-refractivity contribution in [1.82, 2.24) is 25.1 Å². The highest BCUT2D eigenvalue weighted by atomic mass is 16.4. The maximum absolute atomic E-state index is 6.05. The van der Waals surface area contributed by atoms with Crippen molar-refractivity contribution in [1.29, 1.82) is 0 Å². The average Bonchev–Trinajstić information content (AvgIpc) is 3.43. The lowest BCUT2D eigenvalue weighted by Gasteiger charge is -2.25. The maximum Gasteiger partial charge on any atom is 0.247 e. The summed E-state index contributed by atoms with van der Waals surface area (Å²) < 4.78 is 6.05. The summed E-state index contributed by atoms with van der Waals surface area (Å²) in [6.07, 6.45) is 6.62. The second-order valence-electron chi connectivity index (χ2n) is 9.17. The number of aromatic nitrogens is 4. The number of rotatable bonds is 6. The molecule has 0 atom stereocenters. The highest BCUT2D eigenvalue weighted by Crippen LogP contribution is 2.37. The van der Waals surface area contributed by atoms with Crippen molar-refractivity contribution < 1.29 is 4.42 Å². The van der Waals surface area contributed by atoms with E-state index >= 15 is 0 Å².